The van der Waals surface area contributed by atoms with Crippen LogP contribution in [0.2, 0.25) is 18.1 Å². The van der Waals surface area contributed by atoms with Gasteiger partial charge in [-0.2, -0.15) is 5.26 Å². The van der Waals surface area contributed by atoms with Crippen LogP contribution in [0, 0.1) is 11.3 Å². The number of nitriles is 1. The second-order valence-electron chi connectivity index (χ2n) is 10.4. The van der Waals surface area contributed by atoms with Crippen molar-refractivity contribution in [2.75, 3.05) is 6.54 Å². The maximum Gasteiger partial charge on any atom is 0.258 e. The van der Waals surface area contributed by atoms with E-state index in [1.54, 1.807) is 12.1 Å². The van der Waals surface area contributed by atoms with Crippen molar-refractivity contribution in [2.45, 2.75) is 64.1 Å². The molecule has 0 saturated carbocycles. The summed E-state index contributed by atoms with van der Waals surface area (Å²) in [5, 5.41) is 9.15. The molecule has 2 aliphatic heterocycles. The first-order chi connectivity index (χ1) is 15.6. The number of fused-ring (bicyclic) bond motifs is 1. The van der Waals surface area contributed by atoms with Crippen LogP contribution in [0.3, 0.4) is 0 Å². The molecular weight excluding hydrogens is 428 g/mol. The summed E-state index contributed by atoms with van der Waals surface area (Å²) in [6, 6.07) is 19.2. The molecule has 2 heterocycles. The minimum Gasteiger partial charge on any atom is -0.490 e. The molecule has 0 aliphatic carbocycles. The molecule has 2 aromatic rings. The average molecular weight is 461 g/mol. The molecule has 5 nitrogen and oxygen atoms in total. The van der Waals surface area contributed by atoms with Crippen molar-refractivity contribution >= 4 is 19.8 Å². The SMILES string of the molecule is CC(C)(C)[Si](C)(C)OC1CC2C(OCc3ccc(C#N)cc3)=C(c3ccccc3)C(=O)N2C1. The van der Waals surface area contributed by atoms with E-state index in [1.165, 1.54) is 0 Å². The summed E-state index contributed by atoms with van der Waals surface area (Å²) in [5.74, 6) is 0.749. The number of carbonyl (C=O) groups is 1. The Morgan fingerprint density at radius 3 is 2.36 bits per heavy atom. The summed E-state index contributed by atoms with van der Waals surface area (Å²) < 4.78 is 13.0. The van der Waals surface area contributed by atoms with Gasteiger partial charge in [0.2, 0.25) is 0 Å². The molecule has 1 amide bonds. The lowest BCUT2D eigenvalue weighted by molar-refractivity contribution is -0.124. The van der Waals surface area contributed by atoms with Crippen molar-refractivity contribution in [3.05, 3.63) is 77.0 Å². The molecule has 0 spiro atoms. The van der Waals surface area contributed by atoms with Crippen molar-refractivity contribution < 1.29 is 14.0 Å². The van der Waals surface area contributed by atoms with Crippen LogP contribution < -0.4 is 0 Å². The van der Waals surface area contributed by atoms with E-state index in [0.29, 0.717) is 24.3 Å². The van der Waals surface area contributed by atoms with Crippen molar-refractivity contribution in [1.29, 1.82) is 5.26 Å². The van der Waals surface area contributed by atoms with Crippen LogP contribution in [-0.2, 0) is 20.6 Å². The van der Waals surface area contributed by atoms with E-state index in [4.69, 9.17) is 14.4 Å². The van der Waals surface area contributed by atoms with Gasteiger partial charge in [-0.1, -0.05) is 63.2 Å². The van der Waals surface area contributed by atoms with E-state index in [9.17, 15) is 4.79 Å². The Bertz CT molecular complexity index is 1090. The Labute approximate surface area is 197 Å². The molecule has 33 heavy (non-hydrogen) atoms. The van der Waals surface area contributed by atoms with Crippen LogP contribution in [0.15, 0.2) is 60.4 Å². The second-order valence-corrected chi connectivity index (χ2v) is 15.2. The third-order valence-electron chi connectivity index (χ3n) is 7.09. The molecule has 2 atom stereocenters. The zero-order valence-electron chi connectivity index (χ0n) is 20.1. The van der Waals surface area contributed by atoms with Crippen LogP contribution in [0.25, 0.3) is 5.57 Å². The van der Waals surface area contributed by atoms with Crippen molar-refractivity contribution in [1.82, 2.24) is 4.90 Å². The van der Waals surface area contributed by atoms with E-state index in [1.807, 2.05) is 47.4 Å². The molecule has 0 N–H and O–H groups in total. The molecule has 4 rings (SSSR count). The van der Waals surface area contributed by atoms with Crippen molar-refractivity contribution in [2.24, 2.45) is 0 Å². The molecule has 1 saturated heterocycles. The monoisotopic (exact) mass is 460 g/mol. The molecule has 1 fully saturated rings. The highest BCUT2D eigenvalue weighted by atomic mass is 28.4. The normalized spacial score (nSPS) is 20.7. The van der Waals surface area contributed by atoms with Gasteiger partial charge in [0, 0.05) is 13.0 Å². The first kappa shape index (κ1) is 23.3. The fourth-order valence-electron chi connectivity index (χ4n) is 4.24. The summed E-state index contributed by atoms with van der Waals surface area (Å²) in [7, 11) is -1.94. The topological polar surface area (TPSA) is 62.6 Å². The smallest absolute Gasteiger partial charge is 0.258 e. The highest BCUT2D eigenvalue weighted by Gasteiger charge is 2.50. The number of amides is 1. The van der Waals surface area contributed by atoms with Crippen molar-refractivity contribution in [3.63, 3.8) is 0 Å². The Hall–Kier alpha value is -2.88. The Kier molecular flexibility index (Phi) is 6.21. The van der Waals surface area contributed by atoms with Gasteiger partial charge in [-0.3, -0.25) is 4.79 Å². The van der Waals surface area contributed by atoms with Gasteiger partial charge < -0.3 is 14.1 Å². The first-order valence-electron chi connectivity index (χ1n) is 11.5. The zero-order valence-corrected chi connectivity index (χ0v) is 21.1. The Morgan fingerprint density at radius 1 is 1.09 bits per heavy atom. The minimum absolute atomic E-state index is 0.0161. The van der Waals surface area contributed by atoms with Gasteiger partial charge in [0.25, 0.3) is 5.91 Å². The fraction of sp³-hybridized carbons (Fsp3) is 0.407. The maximum atomic E-state index is 13.5. The molecule has 6 heteroatoms. The lowest BCUT2D eigenvalue weighted by Crippen LogP contribution is -2.44. The first-order valence-corrected chi connectivity index (χ1v) is 14.4. The minimum atomic E-state index is -1.94. The fourth-order valence-corrected chi connectivity index (χ4v) is 5.60. The van der Waals surface area contributed by atoms with E-state index in [-0.39, 0.29) is 23.1 Å². The van der Waals surface area contributed by atoms with E-state index < -0.39 is 8.32 Å². The summed E-state index contributed by atoms with van der Waals surface area (Å²) >= 11 is 0. The van der Waals surface area contributed by atoms with Gasteiger partial charge in [-0.15, -0.1) is 0 Å². The number of hydrogen-bond acceptors (Lipinski definition) is 4. The molecule has 0 radical (unpaired) electrons. The van der Waals surface area contributed by atoms with E-state index in [2.05, 4.69) is 39.9 Å². The predicted octanol–water partition coefficient (Wildman–Crippen LogP) is 5.49. The summed E-state index contributed by atoms with van der Waals surface area (Å²) in [6.07, 6.45) is 0.766. The predicted molar refractivity (Wildman–Crippen MR) is 131 cm³/mol. The lowest BCUT2D eigenvalue weighted by Gasteiger charge is -2.38. The van der Waals surface area contributed by atoms with Crippen LogP contribution in [0.1, 0.15) is 43.9 Å². The Balaban J connectivity index is 1.60. The summed E-state index contributed by atoms with van der Waals surface area (Å²) in [5.41, 5.74) is 3.12. The number of benzene rings is 2. The van der Waals surface area contributed by atoms with E-state index in [0.717, 1.165) is 23.3 Å². The maximum absolute atomic E-state index is 13.5. The van der Waals surface area contributed by atoms with Gasteiger partial charge in [0.15, 0.2) is 8.32 Å². The summed E-state index contributed by atoms with van der Waals surface area (Å²) in [4.78, 5) is 15.4. The highest BCUT2D eigenvalue weighted by Crippen LogP contribution is 2.43. The van der Waals surface area contributed by atoms with Crippen LogP contribution in [-0.4, -0.2) is 37.8 Å². The van der Waals surface area contributed by atoms with Gasteiger partial charge in [-0.25, -0.2) is 0 Å². The molecule has 0 aromatic heterocycles. The van der Waals surface area contributed by atoms with Crippen LogP contribution in [0.4, 0.5) is 0 Å². The third-order valence-corrected chi connectivity index (χ3v) is 11.6. The molecule has 0 bridgehead atoms. The number of hydrogen-bond donors (Lipinski definition) is 0. The number of nitrogens with zero attached hydrogens (tertiary/aromatic N) is 2. The lowest BCUT2D eigenvalue weighted by atomic mass is 10.0. The molecular formula is C27H32N2O3Si. The standard InChI is InChI=1S/C27H32N2O3Si/c1-27(2,3)33(4,5)32-22-15-23-25(31-18-20-13-11-19(16-28)12-14-20)24(26(30)29(23)17-22)21-9-7-6-8-10-21/h6-14,22-23H,15,17-18H2,1-5H3. The van der Waals surface area contributed by atoms with Gasteiger partial charge in [-0.05, 0) is 41.4 Å². The largest absolute Gasteiger partial charge is 0.490 e. The Morgan fingerprint density at radius 2 is 1.76 bits per heavy atom. The van der Waals surface area contributed by atoms with Crippen LogP contribution in [0.5, 0.6) is 0 Å². The summed E-state index contributed by atoms with van der Waals surface area (Å²) in [6.45, 7) is 12.2. The third kappa shape index (κ3) is 4.61. The molecule has 2 unspecified atom stereocenters. The highest BCUT2D eigenvalue weighted by molar-refractivity contribution is 6.74. The number of rotatable bonds is 6. The van der Waals surface area contributed by atoms with Gasteiger partial charge in [0.05, 0.1) is 29.4 Å². The van der Waals surface area contributed by atoms with Crippen molar-refractivity contribution in [3.8, 4) is 6.07 Å². The molecule has 2 aromatic carbocycles. The molecule has 2 aliphatic rings. The van der Waals surface area contributed by atoms with Gasteiger partial charge >= 0.3 is 0 Å². The zero-order chi connectivity index (χ0) is 23.8. The molecule has 172 valence electrons. The number of ether oxygens (including phenoxy) is 1. The quantitative estimate of drug-likeness (QED) is 0.535. The second kappa shape index (κ2) is 8.81. The van der Waals surface area contributed by atoms with Crippen LogP contribution >= 0.6 is 0 Å². The average Bonchev–Trinajstić information content (AvgIpc) is 3.29. The van der Waals surface area contributed by atoms with Gasteiger partial charge in [0.1, 0.15) is 12.4 Å². The van der Waals surface area contributed by atoms with E-state index >= 15 is 0 Å². The number of carbonyl (C=O) groups excluding carboxylic acids is 1.